The molecule has 2 rings (SSSR count). The molecule has 1 aliphatic rings. The van der Waals surface area contributed by atoms with Crippen LogP contribution in [0.25, 0.3) is 0 Å². The van der Waals surface area contributed by atoms with Crippen LogP contribution >= 0.6 is 12.2 Å². The SMILES string of the molecule is FC(F)(F)C1CCc2[nH]c(=S)oc2C1. The third kappa shape index (κ3) is 1.70. The van der Waals surface area contributed by atoms with Crippen molar-refractivity contribution in [2.75, 3.05) is 0 Å². The zero-order valence-corrected chi connectivity index (χ0v) is 7.97. The molecule has 1 atom stereocenters. The first-order chi connectivity index (χ1) is 6.47. The van der Waals surface area contributed by atoms with Crippen molar-refractivity contribution >= 4 is 12.2 Å². The van der Waals surface area contributed by atoms with Crippen molar-refractivity contribution in [3.8, 4) is 0 Å². The van der Waals surface area contributed by atoms with Gasteiger partial charge in [-0.1, -0.05) is 0 Å². The van der Waals surface area contributed by atoms with Crippen LogP contribution in [0.5, 0.6) is 0 Å². The molecule has 0 amide bonds. The molecule has 0 radical (unpaired) electrons. The van der Waals surface area contributed by atoms with Gasteiger partial charge in [0, 0.05) is 6.42 Å². The highest BCUT2D eigenvalue weighted by molar-refractivity contribution is 7.71. The van der Waals surface area contributed by atoms with E-state index in [1.54, 1.807) is 0 Å². The lowest BCUT2D eigenvalue weighted by Gasteiger charge is -2.22. The molecule has 0 saturated heterocycles. The van der Waals surface area contributed by atoms with E-state index in [9.17, 15) is 13.2 Å². The average Bonchev–Trinajstić information content (AvgIpc) is 2.41. The van der Waals surface area contributed by atoms with Crippen molar-refractivity contribution < 1.29 is 17.6 Å². The number of fused-ring (bicyclic) bond motifs is 1. The first kappa shape index (κ1) is 9.76. The van der Waals surface area contributed by atoms with Gasteiger partial charge in [-0.3, -0.25) is 0 Å². The summed E-state index contributed by atoms with van der Waals surface area (Å²) in [6.45, 7) is 0. The number of alkyl halides is 3. The van der Waals surface area contributed by atoms with Gasteiger partial charge in [-0.25, -0.2) is 0 Å². The fourth-order valence-corrected chi connectivity index (χ4v) is 1.91. The lowest BCUT2D eigenvalue weighted by Crippen LogP contribution is -2.28. The van der Waals surface area contributed by atoms with Crippen LogP contribution in [0.2, 0.25) is 0 Å². The number of oxazole rings is 1. The highest BCUT2D eigenvalue weighted by Crippen LogP contribution is 2.36. The number of hydrogen-bond acceptors (Lipinski definition) is 2. The highest BCUT2D eigenvalue weighted by atomic mass is 32.1. The number of aryl methyl sites for hydroxylation is 1. The van der Waals surface area contributed by atoms with Gasteiger partial charge >= 0.3 is 6.18 Å². The van der Waals surface area contributed by atoms with Gasteiger partial charge in [0.25, 0.3) is 4.84 Å². The maximum absolute atomic E-state index is 12.4. The lowest BCUT2D eigenvalue weighted by molar-refractivity contribution is -0.178. The number of nitrogens with one attached hydrogen (secondary N) is 1. The molecule has 1 unspecified atom stereocenters. The summed E-state index contributed by atoms with van der Waals surface area (Å²) >= 11 is 4.71. The Morgan fingerprint density at radius 1 is 1.43 bits per heavy atom. The Balaban J connectivity index is 2.25. The zero-order valence-electron chi connectivity index (χ0n) is 7.15. The smallest absolute Gasteiger partial charge is 0.392 e. The van der Waals surface area contributed by atoms with Gasteiger partial charge in [0.15, 0.2) is 0 Å². The fraction of sp³-hybridized carbons (Fsp3) is 0.625. The van der Waals surface area contributed by atoms with Crippen LogP contribution in [-0.4, -0.2) is 11.2 Å². The zero-order chi connectivity index (χ0) is 10.3. The molecular weight excluding hydrogens is 215 g/mol. The Hall–Kier alpha value is -0.780. The van der Waals surface area contributed by atoms with Crippen LogP contribution in [0.4, 0.5) is 13.2 Å². The highest BCUT2D eigenvalue weighted by Gasteiger charge is 2.42. The van der Waals surface area contributed by atoms with Crippen molar-refractivity contribution in [2.24, 2.45) is 5.92 Å². The van der Waals surface area contributed by atoms with E-state index in [0.717, 1.165) is 5.69 Å². The van der Waals surface area contributed by atoms with E-state index in [2.05, 4.69) is 4.98 Å². The van der Waals surface area contributed by atoms with E-state index < -0.39 is 12.1 Å². The number of rotatable bonds is 0. The van der Waals surface area contributed by atoms with Crippen LogP contribution in [-0.2, 0) is 12.8 Å². The third-order valence-electron chi connectivity index (χ3n) is 2.44. The third-order valence-corrected chi connectivity index (χ3v) is 2.63. The van der Waals surface area contributed by atoms with Gasteiger partial charge in [-0.15, -0.1) is 0 Å². The Bertz CT molecular complexity index is 392. The van der Waals surface area contributed by atoms with Crippen molar-refractivity contribution in [1.82, 2.24) is 4.98 Å². The Morgan fingerprint density at radius 3 is 2.79 bits per heavy atom. The largest absolute Gasteiger partial charge is 0.434 e. The normalized spacial score (nSPS) is 22.1. The summed E-state index contributed by atoms with van der Waals surface area (Å²) in [6, 6.07) is 0. The van der Waals surface area contributed by atoms with Gasteiger partial charge in [0.1, 0.15) is 5.76 Å². The quantitative estimate of drug-likeness (QED) is 0.685. The van der Waals surface area contributed by atoms with Gasteiger partial charge in [0.05, 0.1) is 11.6 Å². The van der Waals surface area contributed by atoms with E-state index in [-0.39, 0.29) is 17.7 Å². The summed E-state index contributed by atoms with van der Waals surface area (Å²) in [4.78, 5) is 2.91. The molecule has 14 heavy (non-hydrogen) atoms. The second-order valence-corrected chi connectivity index (χ2v) is 3.77. The van der Waals surface area contributed by atoms with E-state index in [1.165, 1.54) is 0 Å². The molecule has 1 heterocycles. The van der Waals surface area contributed by atoms with Crippen molar-refractivity contribution in [3.05, 3.63) is 16.3 Å². The first-order valence-electron chi connectivity index (χ1n) is 4.24. The van der Waals surface area contributed by atoms with E-state index in [0.29, 0.717) is 12.2 Å². The number of hydrogen-bond donors (Lipinski definition) is 1. The predicted octanol–water partition coefficient (Wildman–Crippen LogP) is 3.00. The molecular formula is C8H8F3NOS. The minimum Gasteiger partial charge on any atom is -0.434 e. The van der Waals surface area contributed by atoms with Crippen LogP contribution in [0.3, 0.4) is 0 Å². The molecule has 2 nitrogen and oxygen atoms in total. The molecule has 1 aliphatic carbocycles. The number of H-pyrrole nitrogens is 1. The maximum Gasteiger partial charge on any atom is 0.392 e. The van der Waals surface area contributed by atoms with E-state index in [1.807, 2.05) is 0 Å². The Labute approximate surface area is 83.1 Å². The summed E-state index contributed by atoms with van der Waals surface area (Å²) in [5.74, 6) is -0.924. The molecule has 1 N–H and O–H groups in total. The number of halogens is 3. The molecule has 0 fully saturated rings. The van der Waals surface area contributed by atoms with Crippen molar-refractivity contribution in [1.29, 1.82) is 0 Å². The summed E-state index contributed by atoms with van der Waals surface area (Å²) in [5, 5.41) is 0. The van der Waals surface area contributed by atoms with Crippen LogP contribution in [0.15, 0.2) is 4.42 Å². The number of aromatic nitrogens is 1. The Kier molecular flexibility index (Phi) is 2.17. The van der Waals surface area contributed by atoms with Crippen LogP contribution in [0, 0.1) is 10.8 Å². The molecule has 0 bridgehead atoms. The fourth-order valence-electron chi connectivity index (χ4n) is 1.68. The molecule has 1 aromatic rings. The summed E-state index contributed by atoms with van der Waals surface area (Å²) in [5.41, 5.74) is 0.718. The molecule has 1 aromatic heterocycles. The van der Waals surface area contributed by atoms with Crippen molar-refractivity contribution in [2.45, 2.75) is 25.4 Å². The average molecular weight is 223 g/mol. The molecule has 0 aliphatic heterocycles. The Morgan fingerprint density at radius 2 is 2.14 bits per heavy atom. The molecule has 6 heteroatoms. The van der Waals surface area contributed by atoms with Crippen molar-refractivity contribution in [3.63, 3.8) is 0 Å². The lowest BCUT2D eigenvalue weighted by atomic mass is 9.90. The summed E-state index contributed by atoms with van der Waals surface area (Å²) in [6.07, 6.45) is -3.75. The first-order valence-corrected chi connectivity index (χ1v) is 4.65. The second-order valence-electron chi connectivity index (χ2n) is 3.40. The van der Waals surface area contributed by atoms with Gasteiger partial charge in [-0.2, -0.15) is 13.2 Å². The van der Waals surface area contributed by atoms with E-state index in [4.69, 9.17) is 16.6 Å². The minimum atomic E-state index is -4.13. The van der Waals surface area contributed by atoms with Gasteiger partial charge in [0.2, 0.25) is 0 Å². The monoisotopic (exact) mass is 223 g/mol. The van der Waals surface area contributed by atoms with E-state index >= 15 is 0 Å². The maximum atomic E-state index is 12.4. The van der Waals surface area contributed by atoms with Crippen LogP contribution < -0.4 is 0 Å². The molecule has 0 spiro atoms. The molecule has 0 aromatic carbocycles. The predicted molar refractivity (Wildman–Crippen MR) is 45.5 cm³/mol. The number of aromatic amines is 1. The molecule has 0 saturated carbocycles. The summed E-state index contributed by atoms with van der Waals surface area (Å²) < 4.78 is 42.1. The van der Waals surface area contributed by atoms with Gasteiger partial charge < -0.3 is 9.40 Å². The molecule has 78 valence electrons. The topological polar surface area (TPSA) is 28.9 Å². The van der Waals surface area contributed by atoms with Crippen LogP contribution in [0.1, 0.15) is 17.9 Å². The minimum absolute atomic E-state index is 0.0913. The second kappa shape index (κ2) is 3.12. The standard InChI is InChI=1S/C8H8F3NOS/c9-8(10,11)4-1-2-5-6(3-4)13-7(14)12-5/h4H,1-3H2,(H,12,14). The van der Waals surface area contributed by atoms with Gasteiger partial charge in [-0.05, 0) is 25.1 Å². The summed E-state index contributed by atoms with van der Waals surface area (Å²) in [7, 11) is 0.